The van der Waals surface area contributed by atoms with Gasteiger partial charge in [0.1, 0.15) is 5.88 Å². The maximum absolute atomic E-state index is 11.4. The summed E-state index contributed by atoms with van der Waals surface area (Å²) < 4.78 is 4.51. The van der Waals surface area contributed by atoms with Gasteiger partial charge in [-0.15, -0.1) is 11.6 Å². The highest BCUT2D eigenvalue weighted by Gasteiger charge is 2.15. The van der Waals surface area contributed by atoms with Crippen molar-refractivity contribution in [1.29, 1.82) is 0 Å². The number of halogens is 1. The van der Waals surface area contributed by atoms with Crippen molar-refractivity contribution < 1.29 is 14.3 Å². The van der Waals surface area contributed by atoms with Crippen LogP contribution in [0.1, 0.15) is 20.3 Å². The zero-order chi connectivity index (χ0) is 11.8. The Morgan fingerprint density at radius 2 is 2.00 bits per heavy atom. The molecule has 0 rings (SSSR count). The van der Waals surface area contributed by atoms with Gasteiger partial charge in [0, 0.05) is 13.1 Å². The molecule has 0 aromatic rings. The van der Waals surface area contributed by atoms with Crippen LogP contribution in [0, 0.1) is 5.92 Å². The van der Waals surface area contributed by atoms with Crippen molar-refractivity contribution in [3.8, 4) is 0 Å². The fourth-order valence-electron chi connectivity index (χ4n) is 1.17. The SMILES string of the molecule is COC(=O)CCN(CC(C)C)C(=O)CCl. The molecule has 0 radical (unpaired) electrons. The first-order valence-corrected chi connectivity index (χ1v) is 5.45. The van der Waals surface area contributed by atoms with Crippen molar-refractivity contribution in [2.24, 2.45) is 5.92 Å². The highest BCUT2D eigenvalue weighted by atomic mass is 35.5. The summed E-state index contributed by atoms with van der Waals surface area (Å²) in [7, 11) is 1.33. The van der Waals surface area contributed by atoms with Crippen LogP contribution in [0.3, 0.4) is 0 Å². The Balaban J connectivity index is 4.12. The zero-order valence-corrected chi connectivity index (χ0v) is 10.2. The van der Waals surface area contributed by atoms with Gasteiger partial charge in [0.2, 0.25) is 5.91 Å². The van der Waals surface area contributed by atoms with Gasteiger partial charge in [-0.3, -0.25) is 9.59 Å². The number of alkyl halides is 1. The van der Waals surface area contributed by atoms with Gasteiger partial charge in [-0.05, 0) is 5.92 Å². The lowest BCUT2D eigenvalue weighted by Crippen LogP contribution is -2.36. The molecule has 0 aliphatic carbocycles. The minimum Gasteiger partial charge on any atom is -0.469 e. The summed E-state index contributed by atoms with van der Waals surface area (Å²) in [5.41, 5.74) is 0. The topological polar surface area (TPSA) is 46.6 Å². The van der Waals surface area contributed by atoms with Crippen molar-refractivity contribution in [3.05, 3.63) is 0 Å². The Kier molecular flexibility index (Phi) is 7.13. The van der Waals surface area contributed by atoms with Crippen molar-refractivity contribution in [2.45, 2.75) is 20.3 Å². The van der Waals surface area contributed by atoms with Gasteiger partial charge in [-0.25, -0.2) is 0 Å². The summed E-state index contributed by atoms with van der Waals surface area (Å²) in [6.45, 7) is 5.00. The molecule has 15 heavy (non-hydrogen) atoms. The Morgan fingerprint density at radius 1 is 1.40 bits per heavy atom. The predicted molar refractivity (Wildman–Crippen MR) is 58.8 cm³/mol. The van der Waals surface area contributed by atoms with Crippen LogP contribution in [0.15, 0.2) is 0 Å². The van der Waals surface area contributed by atoms with E-state index in [9.17, 15) is 9.59 Å². The van der Waals surface area contributed by atoms with Crippen molar-refractivity contribution in [1.82, 2.24) is 4.90 Å². The van der Waals surface area contributed by atoms with Crippen molar-refractivity contribution in [3.63, 3.8) is 0 Å². The van der Waals surface area contributed by atoms with Crippen LogP contribution in [-0.2, 0) is 14.3 Å². The third-order valence-electron chi connectivity index (χ3n) is 1.87. The molecular weight excluding hydrogens is 218 g/mol. The summed E-state index contributed by atoms with van der Waals surface area (Å²) in [5, 5.41) is 0. The van der Waals surface area contributed by atoms with E-state index in [1.54, 1.807) is 4.90 Å². The fourth-order valence-corrected chi connectivity index (χ4v) is 1.34. The largest absolute Gasteiger partial charge is 0.469 e. The number of amides is 1. The number of hydrogen-bond acceptors (Lipinski definition) is 3. The van der Waals surface area contributed by atoms with E-state index < -0.39 is 0 Å². The molecule has 88 valence electrons. The number of ether oxygens (including phenoxy) is 1. The number of nitrogens with zero attached hydrogens (tertiary/aromatic N) is 1. The van der Waals surface area contributed by atoms with E-state index in [1.807, 2.05) is 13.8 Å². The van der Waals surface area contributed by atoms with E-state index >= 15 is 0 Å². The summed E-state index contributed by atoms with van der Waals surface area (Å²) in [6, 6.07) is 0. The molecule has 0 heterocycles. The second-order valence-electron chi connectivity index (χ2n) is 3.69. The molecule has 0 atom stereocenters. The van der Waals surface area contributed by atoms with Gasteiger partial charge in [0.05, 0.1) is 13.5 Å². The van der Waals surface area contributed by atoms with Crippen LogP contribution < -0.4 is 0 Å². The highest BCUT2D eigenvalue weighted by Crippen LogP contribution is 2.02. The van der Waals surface area contributed by atoms with Gasteiger partial charge in [-0.2, -0.15) is 0 Å². The Morgan fingerprint density at radius 3 is 2.40 bits per heavy atom. The second-order valence-corrected chi connectivity index (χ2v) is 3.96. The molecule has 5 heteroatoms. The van der Waals surface area contributed by atoms with Crippen LogP contribution in [0.4, 0.5) is 0 Å². The molecule has 0 saturated heterocycles. The lowest BCUT2D eigenvalue weighted by Gasteiger charge is -2.23. The predicted octanol–water partition coefficient (Wildman–Crippen LogP) is 1.27. The van der Waals surface area contributed by atoms with Gasteiger partial charge in [0.25, 0.3) is 0 Å². The third kappa shape index (κ3) is 6.33. The molecule has 1 amide bonds. The fraction of sp³-hybridized carbons (Fsp3) is 0.800. The van der Waals surface area contributed by atoms with Crippen molar-refractivity contribution in [2.75, 3.05) is 26.1 Å². The van der Waals surface area contributed by atoms with E-state index in [4.69, 9.17) is 11.6 Å². The number of carbonyl (C=O) groups is 2. The lowest BCUT2D eigenvalue weighted by atomic mass is 10.2. The van der Waals surface area contributed by atoms with E-state index in [2.05, 4.69) is 4.74 Å². The smallest absolute Gasteiger partial charge is 0.307 e. The summed E-state index contributed by atoms with van der Waals surface area (Å²) in [6.07, 6.45) is 0.214. The van der Waals surface area contributed by atoms with E-state index in [-0.39, 0.29) is 24.2 Å². The first kappa shape index (κ1) is 14.2. The maximum atomic E-state index is 11.4. The van der Waals surface area contributed by atoms with Crippen molar-refractivity contribution >= 4 is 23.5 Å². The van der Waals surface area contributed by atoms with Gasteiger partial charge < -0.3 is 9.64 Å². The molecule has 0 N–H and O–H groups in total. The quantitative estimate of drug-likeness (QED) is 0.515. The van der Waals surface area contributed by atoms with Gasteiger partial charge in [-0.1, -0.05) is 13.8 Å². The van der Waals surface area contributed by atoms with Crippen LogP contribution in [0.25, 0.3) is 0 Å². The molecule has 4 nitrogen and oxygen atoms in total. The molecule has 0 spiro atoms. The molecular formula is C10H18ClNO3. The molecule has 0 aromatic heterocycles. The van der Waals surface area contributed by atoms with Crippen LogP contribution in [0.2, 0.25) is 0 Å². The maximum Gasteiger partial charge on any atom is 0.307 e. The number of esters is 1. The Bertz CT molecular complexity index is 219. The zero-order valence-electron chi connectivity index (χ0n) is 9.46. The average molecular weight is 236 g/mol. The number of methoxy groups -OCH3 is 1. The lowest BCUT2D eigenvalue weighted by molar-refractivity contribution is -0.141. The summed E-state index contributed by atoms with van der Waals surface area (Å²) in [5.74, 6) is -0.149. The monoisotopic (exact) mass is 235 g/mol. The van der Waals surface area contributed by atoms with Crippen LogP contribution in [0.5, 0.6) is 0 Å². The van der Waals surface area contributed by atoms with E-state index in [1.165, 1.54) is 7.11 Å². The first-order chi connectivity index (χ1) is 7.01. The molecule has 0 aliphatic heterocycles. The highest BCUT2D eigenvalue weighted by molar-refractivity contribution is 6.27. The Labute approximate surface area is 95.5 Å². The van der Waals surface area contributed by atoms with Gasteiger partial charge in [0.15, 0.2) is 0 Å². The van der Waals surface area contributed by atoms with Gasteiger partial charge >= 0.3 is 5.97 Å². The molecule has 0 unspecified atom stereocenters. The molecule has 0 bridgehead atoms. The first-order valence-electron chi connectivity index (χ1n) is 4.91. The summed E-state index contributed by atoms with van der Waals surface area (Å²) in [4.78, 5) is 23.9. The van der Waals surface area contributed by atoms with E-state index in [0.29, 0.717) is 19.0 Å². The minimum atomic E-state index is -0.314. The minimum absolute atomic E-state index is 0.0477. The summed E-state index contributed by atoms with van der Waals surface area (Å²) >= 11 is 5.47. The number of hydrogen-bond donors (Lipinski definition) is 0. The molecule has 0 saturated carbocycles. The Hall–Kier alpha value is -0.770. The second kappa shape index (κ2) is 7.51. The van der Waals surface area contributed by atoms with Crippen LogP contribution in [-0.4, -0.2) is 42.9 Å². The third-order valence-corrected chi connectivity index (χ3v) is 2.09. The number of rotatable bonds is 6. The number of carbonyl (C=O) groups excluding carboxylic acids is 2. The average Bonchev–Trinajstić information content (AvgIpc) is 2.21. The molecule has 0 fully saturated rings. The standard InChI is InChI=1S/C10H18ClNO3/c1-8(2)7-12(9(13)6-11)5-4-10(14)15-3/h8H,4-7H2,1-3H3. The molecule has 0 aliphatic rings. The van der Waals surface area contributed by atoms with E-state index in [0.717, 1.165) is 0 Å². The molecule has 0 aromatic carbocycles. The van der Waals surface area contributed by atoms with Crippen LogP contribution >= 0.6 is 11.6 Å². The normalized spacial score (nSPS) is 10.2.